The van der Waals surface area contributed by atoms with Crippen molar-refractivity contribution in [1.29, 1.82) is 0 Å². The first-order valence-electron chi connectivity index (χ1n) is 6.16. The van der Waals surface area contributed by atoms with Crippen molar-refractivity contribution < 1.29 is 23.5 Å². The number of nitrogens with zero attached hydrogens (tertiary/aromatic N) is 2. The van der Waals surface area contributed by atoms with Gasteiger partial charge in [0.1, 0.15) is 5.82 Å². The highest BCUT2D eigenvalue weighted by atomic mass is 19.1. The van der Waals surface area contributed by atoms with Gasteiger partial charge in [0, 0.05) is 11.3 Å². The van der Waals surface area contributed by atoms with Crippen LogP contribution in [-0.2, 0) is 4.79 Å². The number of amides is 3. The fourth-order valence-corrected chi connectivity index (χ4v) is 2.58. The van der Waals surface area contributed by atoms with E-state index < -0.39 is 29.6 Å². The van der Waals surface area contributed by atoms with E-state index in [0.29, 0.717) is 6.42 Å². The van der Waals surface area contributed by atoms with Crippen LogP contribution >= 0.6 is 0 Å². The third-order valence-corrected chi connectivity index (χ3v) is 3.56. The molecule has 0 spiro atoms. The molecular weight excluding hydrogens is 267 g/mol. The number of piperidine rings is 1. The molecule has 0 bridgehead atoms. The minimum absolute atomic E-state index is 0.0622. The molecule has 2 heterocycles. The highest BCUT2D eigenvalue weighted by molar-refractivity contribution is 6.22. The molecule has 0 aliphatic carbocycles. The Kier molecular flexibility index (Phi) is 2.70. The third-order valence-electron chi connectivity index (χ3n) is 3.56. The van der Waals surface area contributed by atoms with Crippen LogP contribution in [0, 0.1) is 10.7 Å². The SMILES string of the molecule is O=C1c2ccc(F)cc2C(=O)N1C1CCC[N+](=O)C1=O. The van der Waals surface area contributed by atoms with Gasteiger partial charge in [-0.05, 0) is 24.6 Å². The molecule has 6 nitrogen and oxygen atoms in total. The topological polar surface area (TPSA) is 74.5 Å². The van der Waals surface area contributed by atoms with Crippen LogP contribution in [0.25, 0.3) is 0 Å². The zero-order valence-electron chi connectivity index (χ0n) is 10.3. The lowest BCUT2D eigenvalue weighted by Crippen LogP contribution is -2.50. The standard InChI is InChI=1S/C13H10FN2O4/c14-7-3-4-8-9(6-7)12(18)16(11(8)17)10-2-1-5-15(20)13(10)19/h3-4,6,10H,1-2,5H2/q+1. The predicted molar refractivity (Wildman–Crippen MR) is 63.4 cm³/mol. The quantitative estimate of drug-likeness (QED) is 0.564. The maximum atomic E-state index is 13.2. The molecule has 1 saturated heterocycles. The maximum absolute atomic E-state index is 13.2. The average Bonchev–Trinajstić information content (AvgIpc) is 2.65. The number of imide groups is 1. The number of carbonyl (C=O) groups is 3. The fourth-order valence-electron chi connectivity index (χ4n) is 2.58. The van der Waals surface area contributed by atoms with E-state index in [1.165, 1.54) is 6.07 Å². The second-order valence-corrected chi connectivity index (χ2v) is 4.77. The van der Waals surface area contributed by atoms with Crippen molar-refractivity contribution in [3.05, 3.63) is 40.1 Å². The maximum Gasteiger partial charge on any atom is 0.455 e. The Morgan fingerprint density at radius 2 is 1.85 bits per heavy atom. The summed E-state index contributed by atoms with van der Waals surface area (Å²) in [5.41, 5.74) is -0.00181. The molecule has 1 aromatic carbocycles. The van der Waals surface area contributed by atoms with Crippen molar-refractivity contribution in [2.45, 2.75) is 18.9 Å². The molecule has 1 atom stereocenters. The minimum atomic E-state index is -1.09. The number of fused-ring (bicyclic) bond motifs is 1. The molecule has 0 N–H and O–H groups in total. The van der Waals surface area contributed by atoms with Crippen LogP contribution in [0.5, 0.6) is 0 Å². The number of halogens is 1. The zero-order chi connectivity index (χ0) is 14.4. The molecule has 1 fully saturated rings. The number of benzene rings is 1. The van der Waals surface area contributed by atoms with Gasteiger partial charge in [0.15, 0.2) is 6.04 Å². The highest BCUT2D eigenvalue weighted by Gasteiger charge is 2.49. The number of carbonyl (C=O) groups excluding carboxylic acids is 3. The van der Waals surface area contributed by atoms with Crippen LogP contribution < -0.4 is 0 Å². The molecule has 2 aliphatic heterocycles. The van der Waals surface area contributed by atoms with Crippen molar-refractivity contribution in [3.8, 4) is 0 Å². The van der Waals surface area contributed by atoms with Crippen molar-refractivity contribution in [2.24, 2.45) is 0 Å². The molecule has 3 rings (SSSR count). The van der Waals surface area contributed by atoms with Gasteiger partial charge in [-0.15, -0.1) is 0 Å². The van der Waals surface area contributed by atoms with Crippen molar-refractivity contribution >= 4 is 17.7 Å². The van der Waals surface area contributed by atoms with Crippen LogP contribution in [0.3, 0.4) is 0 Å². The molecule has 3 amide bonds. The molecule has 1 unspecified atom stereocenters. The summed E-state index contributed by atoms with van der Waals surface area (Å²) < 4.78 is 13.4. The van der Waals surface area contributed by atoms with Crippen molar-refractivity contribution in [1.82, 2.24) is 4.90 Å². The summed E-state index contributed by atoms with van der Waals surface area (Å²) in [5, 5.41) is 0. The van der Waals surface area contributed by atoms with E-state index >= 15 is 0 Å². The lowest BCUT2D eigenvalue weighted by molar-refractivity contribution is -0.479. The van der Waals surface area contributed by atoms with Crippen molar-refractivity contribution in [3.63, 3.8) is 0 Å². The van der Waals surface area contributed by atoms with Gasteiger partial charge in [-0.3, -0.25) is 14.5 Å². The summed E-state index contributed by atoms with van der Waals surface area (Å²) in [5.74, 6) is -2.81. The molecule has 20 heavy (non-hydrogen) atoms. The molecule has 0 aromatic heterocycles. The third kappa shape index (κ3) is 1.66. The van der Waals surface area contributed by atoms with Crippen LogP contribution in [0.2, 0.25) is 0 Å². The molecule has 0 saturated carbocycles. The van der Waals surface area contributed by atoms with Gasteiger partial charge >= 0.3 is 5.91 Å². The Balaban J connectivity index is 2.01. The van der Waals surface area contributed by atoms with Gasteiger partial charge in [0.2, 0.25) is 6.54 Å². The van der Waals surface area contributed by atoms with Crippen LogP contribution in [0.1, 0.15) is 33.6 Å². The second-order valence-electron chi connectivity index (χ2n) is 4.77. The Bertz CT molecular complexity index is 670. The van der Waals surface area contributed by atoms with E-state index in [4.69, 9.17) is 0 Å². The lowest BCUT2D eigenvalue weighted by atomic mass is 10.1. The smallest absolute Gasteiger partial charge is 0.269 e. The molecule has 7 heteroatoms. The number of hydrogen-bond acceptors (Lipinski definition) is 4. The first kappa shape index (κ1) is 12.6. The van der Waals surface area contributed by atoms with E-state index in [2.05, 4.69) is 0 Å². The Morgan fingerprint density at radius 3 is 2.60 bits per heavy atom. The summed E-state index contributed by atoms with van der Waals surface area (Å²) in [4.78, 5) is 48.3. The monoisotopic (exact) mass is 277 g/mol. The minimum Gasteiger partial charge on any atom is -0.269 e. The van der Waals surface area contributed by atoms with E-state index in [1.807, 2.05) is 0 Å². The number of nitroso groups, excluding NO2 is 1. The van der Waals surface area contributed by atoms with Crippen LogP contribution in [-0.4, -0.2) is 40.0 Å². The Labute approximate surface area is 112 Å². The van der Waals surface area contributed by atoms with Crippen LogP contribution in [0.4, 0.5) is 4.39 Å². The van der Waals surface area contributed by atoms with Gasteiger partial charge < -0.3 is 0 Å². The first-order valence-corrected chi connectivity index (χ1v) is 6.16. The summed E-state index contributed by atoms with van der Waals surface area (Å²) >= 11 is 0. The average molecular weight is 277 g/mol. The zero-order valence-corrected chi connectivity index (χ0v) is 10.3. The summed E-state index contributed by atoms with van der Waals surface area (Å²) in [7, 11) is 0. The summed E-state index contributed by atoms with van der Waals surface area (Å²) in [6.07, 6.45) is 0.674. The second kappa shape index (κ2) is 4.29. The number of rotatable bonds is 1. The van der Waals surface area contributed by atoms with Gasteiger partial charge in [0.05, 0.1) is 15.9 Å². The van der Waals surface area contributed by atoms with Gasteiger partial charge in [0.25, 0.3) is 11.8 Å². The predicted octanol–water partition coefficient (Wildman–Crippen LogP) is 0.890. The normalized spacial score (nSPS) is 22.4. The van der Waals surface area contributed by atoms with E-state index in [9.17, 15) is 23.7 Å². The van der Waals surface area contributed by atoms with Gasteiger partial charge in [-0.2, -0.15) is 0 Å². The van der Waals surface area contributed by atoms with Crippen LogP contribution in [0.15, 0.2) is 18.2 Å². The highest BCUT2D eigenvalue weighted by Crippen LogP contribution is 2.28. The Hall–Kier alpha value is -2.44. The van der Waals surface area contributed by atoms with E-state index in [0.717, 1.165) is 17.0 Å². The largest absolute Gasteiger partial charge is 0.455 e. The molecular formula is C13H10FN2O4+. The first-order chi connectivity index (χ1) is 9.50. The fraction of sp³-hybridized carbons (Fsp3) is 0.308. The molecule has 102 valence electrons. The summed E-state index contributed by atoms with van der Waals surface area (Å²) in [6, 6.07) is 2.18. The molecule has 0 radical (unpaired) electrons. The molecule has 1 aromatic rings. The number of hydrogen-bond donors (Lipinski definition) is 0. The van der Waals surface area contributed by atoms with E-state index in [1.54, 1.807) is 0 Å². The summed E-state index contributed by atoms with van der Waals surface area (Å²) in [6.45, 7) is 0.0626. The molecule has 2 aliphatic rings. The van der Waals surface area contributed by atoms with Gasteiger partial charge in [-0.25, -0.2) is 9.18 Å². The van der Waals surface area contributed by atoms with Gasteiger partial charge in [-0.1, -0.05) is 0 Å². The Morgan fingerprint density at radius 1 is 1.15 bits per heavy atom. The lowest BCUT2D eigenvalue weighted by Gasteiger charge is -2.22. The van der Waals surface area contributed by atoms with Crippen molar-refractivity contribution in [2.75, 3.05) is 6.54 Å². The van der Waals surface area contributed by atoms with E-state index in [-0.39, 0.29) is 28.9 Å².